The Labute approximate surface area is 168 Å². The summed E-state index contributed by atoms with van der Waals surface area (Å²) in [5.41, 5.74) is 2.01. The normalized spacial score (nSPS) is 23.9. The summed E-state index contributed by atoms with van der Waals surface area (Å²) in [5.74, 6) is 0.743. The van der Waals surface area contributed by atoms with E-state index in [9.17, 15) is 9.59 Å². The Bertz CT molecular complexity index is 653. The van der Waals surface area contributed by atoms with Crippen LogP contribution in [0, 0.1) is 12.8 Å². The average molecular weight is 387 g/mol. The predicted molar refractivity (Wildman–Crippen MR) is 112 cm³/mol. The number of carbonyl (C=O) groups is 2. The molecule has 2 atom stereocenters. The second-order valence-electron chi connectivity index (χ2n) is 8.40. The Morgan fingerprint density at radius 3 is 2.11 bits per heavy atom. The first-order valence-corrected chi connectivity index (χ1v) is 10.6. The largest absolute Gasteiger partial charge is 0.352 e. The molecule has 28 heavy (non-hydrogen) atoms. The lowest BCUT2D eigenvalue weighted by Crippen LogP contribution is -2.52. The van der Waals surface area contributed by atoms with Gasteiger partial charge in [-0.25, -0.2) is 0 Å². The molecule has 1 aliphatic heterocycles. The van der Waals surface area contributed by atoms with E-state index in [4.69, 9.17) is 0 Å². The Morgan fingerprint density at radius 2 is 1.50 bits per heavy atom. The summed E-state index contributed by atoms with van der Waals surface area (Å²) >= 11 is 0. The number of hydrogen-bond donors (Lipinski definition) is 2. The van der Waals surface area contributed by atoms with E-state index in [0.717, 1.165) is 38.3 Å². The molecule has 0 radical (unpaired) electrons. The maximum absolute atomic E-state index is 12.4. The smallest absolute Gasteiger partial charge is 0.238 e. The van der Waals surface area contributed by atoms with Crippen molar-refractivity contribution in [2.75, 3.05) is 44.6 Å². The SMILES string of the molecule is Cc1ccc(NC(=O)CN2CCN(CC(=O)N[C@@H]3CCCC[C@H]3C)CC2)cc1. The Morgan fingerprint density at radius 1 is 0.929 bits per heavy atom. The van der Waals surface area contributed by atoms with Crippen molar-refractivity contribution in [1.29, 1.82) is 0 Å². The summed E-state index contributed by atoms with van der Waals surface area (Å²) in [6, 6.07) is 8.18. The zero-order valence-corrected chi connectivity index (χ0v) is 17.2. The second-order valence-corrected chi connectivity index (χ2v) is 8.40. The van der Waals surface area contributed by atoms with Crippen molar-refractivity contribution in [3.05, 3.63) is 29.8 Å². The lowest BCUT2D eigenvalue weighted by atomic mass is 9.86. The third-order valence-corrected chi connectivity index (χ3v) is 5.99. The van der Waals surface area contributed by atoms with Crippen LogP contribution in [0.2, 0.25) is 0 Å². The number of carbonyl (C=O) groups excluding carboxylic acids is 2. The third-order valence-electron chi connectivity index (χ3n) is 5.99. The average Bonchev–Trinajstić information content (AvgIpc) is 2.67. The van der Waals surface area contributed by atoms with Gasteiger partial charge in [0.2, 0.25) is 11.8 Å². The van der Waals surface area contributed by atoms with Gasteiger partial charge in [0.15, 0.2) is 0 Å². The van der Waals surface area contributed by atoms with Gasteiger partial charge in [0.05, 0.1) is 13.1 Å². The van der Waals surface area contributed by atoms with Gasteiger partial charge in [-0.05, 0) is 37.8 Å². The maximum Gasteiger partial charge on any atom is 0.238 e. The van der Waals surface area contributed by atoms with Crippen LogP contribution < -0.4 is 10.6 Å². The fraction of sp³-hybridized carbons (Fsp3) is 0.636. The standard InChI is InChI=1S/C22H34N4O2/c1-17-7-9-19(10-8-17)23-21(27)15-25-11-13-26(14-12-25)16-22(28)24-20-6-4-3-5-18(20)2/h7-10,18,20H,3-6,11-16H2,1-2H3,(H,23,27)(H,24,28)/t18-,20-/m1/s1. The molecule has 1 saturated heterocycles. The molecule has 0 spiro atoms. The fourth-order valence-corrected chi connectivity index (χ4v) is 4.13. The van der Waals surface area contributed by atoms with Crippen LogP contribution >= 0.6 is 0 Å². The molecule has 2 amide bonds. The van der Waals surface area contributed by atoms with Crippen molar-refractivity contribution >= 4 is 17.5 Å². The highest BCUT2D eigenvalue weighted by molar-refractivity contribution is 5.92. The molecule has 154 valence electrons. The third kappa shape index (κ3) is 6.31. The number of piperazine rings is 1. The highest BCUT2D eigenvalue weighted by Gasteiger charge is 2.25. The van der Waals surface area contributed by atoms with Crippen molar-refractivity contribution in [2.24, 2.45) is 5.92 Å². The minimum atomic E-state index is 0.0151. The Kier molecular flexibility index (Phi) is 7.45. The Balaban J connectivity index is 1.35. The van der Waals surface area contributed by atoms with Crippen LogP contribution in [0.5, 0.6) is 0 Å². The minimum Gasteiger partial charge on any atom is -0.352 e. The molecule has 1 saturated carbocycles. The van der Waals surface area contributed by atoms with Gasteiger partial charge in [-0.1, -0.05) is 37.5 Å². The van der Waals surface area contributed by atoms with Crippen LogP contribution in [0.1, 0.15) is 38.2 Å². The first-order valence-electron chi connectivity index (χ1n) is 10.6. The molecule has 1 aromatic carbocycles. The second kappa shape index (κ2) is 10.0. The minimum absolute atomic E-state index is 0.0151. The van der Waals surface area contributed by atoms with Gasteiger partial charge in [-0.3, -0.25) is 19.4 Å². The summed E-state index contributed by atoms with van der Waals surface area (Å²) in [5, 5.41) is 6.18. The highest BCUT2D eigenvalue weighted by atomic mass is 16.2. The first kappa shape index (κ1) is 20.8. The van der Waals surface area contributed by atoms with Gasteiger partial charge in [0.25, 0.3) is 0 Å². The molecule has 1 aromatic rings. The summed E-state index contributed by atoms with van der Waals surface area (Å²) in [6.07, 6.45) is 4.83. The van der Waals surface area contributed by atoms with Gasteiger partial charge in [-0.2, -0.15) is 0 Å². The molecular formula is C22H34N4O2. The topological polar surface area (TPSA) is 64.7 Å². The predicted octanol–water partition coefficient (Wildman–Crippen LogP) is 2.25. The number of hydrogen-bond acceptors (Lipinski definition) is 4. The van der Waals surface area contributed by atoms with Crippen LogP contribution in [0.15, 0.2) is 24.3 Å². The number of benzene rings is 1. The van der Waals surface area contributed by atoms with Crippen molar-refractivity contribution < 1.29 is 9.59 Å². The molecule has 2 fully saturated rings. The summed E-state index contributed by atoms with van der Waals surface area (Å²) in [4.78, 5) is 29.0. The summed E-state index contributed by atoms with van der Waals surface area (Å²) in [7, 11) is 0. The van der Waals surface area contributed by atoms with E-state index in [1.807, 2.05) is 31.2 Å². The van der Waals surface area contributed by atoms with Gasteiger partial charge in [0, 0.05) is 37.9 Å². The monoisotopic (exact) mass is 386 g/mol. The molecule has 0 bridgehead atoms. The molecule has 1 aliphatic carbocycles. The van der Waals surface area contributed by atoms with E-state index in [1.54, 1.807) is 0 Å². The molecule has 6 heteroatoms. The van der Waals surface area contributed by atoms with Crippen LogP contribution in [0.4, 0.5) is 5.69 Å². The van der Waals surface area contributed by atoms with Gasteiger partial charge in [-0.15, -0.1) is 0 Å². The molecule has 3 rings (SSSR count). The summed E-state index contributed by atoms with van der Waals surface area (Å²) < 4.78 is 0. The van der Waals surface area contributed by atoms with E-state index in [-0.39, 0.29) is 11.8 Å². The van der Waals surface area contributed by atoms with Crippen molar-refractivity contribution in [3.63, 3.8) is 0 Å². The van der Waals surface area contributed by atoms with Crippen LogP contribution in [0.25, 0.3) is 0 Å². The van der Waals surface area contributed by atoms with Crippen molar-refractivity contribution in [1.82, 2.24) is 15.1 Å². The lowest BCUT2D eigenvalue weighted by molar-refractivity contribution is -0.124. The first-order chi connectivity index (χ1) is 13.5. The van der Waals surface area contributed by atoms with Crippen LogP contribution in [-0.4, -0.2) is 66.9 Å². The number of aryl methyl sites for hydroxylation is 1. The number of amides is 2. The number of nitrogens with zero attached hydrogens (tertiary/aromatic N) is 2. The van der Waals surface area contributed by atoms with Gasteiger partial charge in [0.1, 0.15) is 0 Å². The highest BCUT2D eigenvalue weighted by Crippen LogP contribution is 2.23. The van der Waals surface area contributed by atoms with E-state index < -0.39 is 0 Å². The Hall–Kier alpha value is -1.92. The molecule has 6 nitrogen and oxygen atoms in total. The zero-order chi connectivity index (χ0) is 19.9. The van der Waals surface area contributed by atoms with Crippen LogP contribution in [0.3, 0.4) is 0 Å². The van der Waals surface area contributed by atoms with Crippen LogP contribution in [-0.2, 0) is 9.59 Å². The molecule has 2 aliphatic rings. The van der Waals surface area contributed by atoms with Gasteiger partial charge >= 0.3 is 0 Å². The fourth-order valence-electron chi connectivity index (χ4n) is 4.13. The molecule has 0 aromatic heterocycles. The van der Waals surface area contributed by atoms with E-state index in [1.165, 1.54) is 24.8 Å². The quantitative estimate of drug-likeness (QED) is 0.787. The van der Waals surface area contributed by atoms with E-state index in [0.29, 0.717) is 25.0 Å². The number of rotatable bonds is 6. The van der Waals surface area contributed by atoms with E-state index in [2.05, 4.69) is 27.4 Å². The van der Waals surface area contributed by atoms with Crippen molar-refractivity contribution in [3.8, 4) is 0 Å². The van der Waals surface area contributed by atoms with E-state index >= 15 is 0 Å². The number of anilines is 1. The molecule has 2 N–H and O–H groups in total. The lowest BCUT2D eigenvalue weighted by Gasteiger charge is -2.35. The zero-order valence-electron chi connectivity index (χ0n) is 17.2. The molecular weight excluding hydrogens is 352 g/mol. The summed E-state index contributed by atoms with van der Waals surface area (Å²) in [6.45, 7) is 8.41. The van der Waals surface area contributed by atoms with Gasteiger partial charge < -0.3 is 10.6 Å². The number of nitrogens with one attached hydrogen (secondary N) is 2. The van der Waals surface area contributed by atoms with Crippen molar-refractivity contribution in [2.45, 2.75) is 45.6 Å². The molecule has 0 unspecified atom stereocenters. The maximum atomic E-state index is 12.4. The molecule has 1 heterocycles.